The van der Waals surface area contributed by atoms with E-state index in [0.717, 1.165) is 63.7 Å². The van der Waals surface area contributed by atoms with Crippen molar-refractivity contribution in [1.82, 2.24) is 24.7 Å². The standard InChI is InChI=1S/C21H31N5O2/c1-24-10-3-2-4-17(24)20(28)25-12-8-21(9-13-25)18-16(22-14-23-18)7-11-26(21)19(27)15-5-6-15/h14-15,17H,2-13H2,1H3,(H,22,23). The Morgan fingerprint density at radius 3 is 2.57 bits per heavy atom. The van der Waals surface area contributed by atoms with Crippen molar-refractivity contribution >= 4 is 11.8 Å². The van der Waals surface area contributed by atoms with Gasteiger partial charge in [0.1, 0.15) is 0 Å². The number of carbonyl (C=O) groups is 2. The minimum atomic E-state index is -0.331. The van der Waals surface area contributed by atoms with Crippen LogP contribution in [-0.2, 0) is 21.5 Å². The van der Waals surface area contributed by atoms with Crippen LogP contribution >= 0.6 is 0 Å². The molecule has 0 aromatic carbocycles. The number of carbonyl (C=O) groups excluding carboxylic acids is 2. The maximum Gasteiger partial charge on any atom is 0.239 e. The minimum Gasteiger partial charge on any atom is -0.348 e. The van der Waals surface area contributed by atoms with E-state index in [1.807, 2.05) is 4.90 Å². The number of rotatable bonds is 2. The fourth-order valence-corrected chi connectivity index (χ4v) is 5.55. The molecular weight excluding hydrogens is 354 g/mol. The quantitative estimate of drug-likeness (QED) is 0.838. The fourth-order valence-electron chi connectivity index (χ4n) is 5.55. The zero-order valence-electron chi connectivity index (χ0n) is 16.8. The number of imidazole rings is 1. The predicted molar refractivity (Wildman–Crippen MR) is 104 cm³/mol. The fraction of sp³-hybridized carbons (Fsp3) is 0.762. The number of nitrogens with one attached hydrogen (secondary N) is 1. The molecule has 1 aromatic rings. The summed E-state index contributed by atoms with van der Waals surface area (Å²) in [7, 11) is 2.07. The van der Waals surface area contributed by atoms with Crippen LogP contribution in [0.25, 0.3) is 0 Å². The number of likely N-dealkylation sites (tertiary alicyclic amines) is 2. The lowest BCUT2D eigenvalue weighted by molar-refractivity contribution is -0.147. The van der Waals surface area contributed by atoms with Crippen molar-refractivity contribution in [2.75, 3.05) is 33.2 Å². The van der Waals surface area contributed by atoms with Gasteiger partial charge in [0, 0.05) is 37.7 Å². The maximum absolute atomic E-state index is 13.1. The third-order valence-corrected chi connectivity index (χ3v) is 7.41. The normalized spacial score (nSPS) is 27.7. The number of nitrogens with zero attached hydrogens (tertiary/aromatic N) is 4. The highest BCUT2D eigenvalue weighted by Gasteiger charge is 2.51. The second kappa shape index (κ2) is 6.87. The third-order valence-electron chi connectivity index (χ3n) is 7.41. The lowest BCUT2D eigenvalue weighted by atomic mass is 9.78. The number of amides is 2. The summed E-state index contributed by atoms with van der Waals surface area (Å²) in [5, 5.41) is 0. The first-order valence-electron chi connectivity index (χ1n) is 10.9. The van der Waals surface area contributed by atoms with Gasteiger partial charge >= 0.3 is 0 Å². The van der Waals surface area contributed by atoms with Gasteiger partial charge in [0.15, 0.2) is 0 Å². The lowest BCUT2D eigenvalue weighted by Gasteiger charge is -2.51. The number of likely N-dealkylation sites (N-methyl/N-ethyl adjacent to an activating group) is 1. The molecule has 0 bridgehead atoms. The Morgan fingerprint density at radius 1 is 1.07 bits per heavy atom. The number of aromatic nitrogens is 2. The summed E-state index contributed by atoms with van der Waals surface area (Å²) < 4.78 is 0. The summed E-state index contributed by atoms with van der Waals surface area (Å²) in [6.07, 6.45) is 9.55. The number of piperidine rings is 2. The molecular formula is C21H31N5O2. The van der Waals surface area contributed by atoms with Crippen molar-refractivity contribution in [1.29, 1.82) is 0 Å². The van der Waals surface area contributed by atoms with E-state index in [2.05, 4.69) is 26.8 Å². The van der Waals surface area contributed by atoms with E-state index in [1.165, 1.54) is 12.1 Å². The molecule has 1 saturated carbocycles. The maximum atomic E-state index is 13.1. The van der Waals surface area contributed by atoms with Crippen molar-refractivity contribution in [3.05, 3.63) is 17.7 Å². The van der Waals surface area contributed by atoms with Gasteiger partial charge in [-0.25, -0.2) is 4.98 Å². The molecule has 0 radical (unpaired) electrons. The molecule has 5 rings (SSSR count). The molecule has 3 fully saturated rings. The topological polar surface area (TPSA) is 72.5 Å². The molecule has 1 unspecified atom stereocenters. The van der Waals surface area contributed by atoms with Crippen molar-refractivity contribution < 1.29 is 9.59 Å². The first kappa shape index (κ1) is 18.2. The molecule has 2 saturated heterocycles. The molecule has 1 spiro atoms. The molecule has 7 nitrogen and oxygen atoms in total. The minimum absolute atomic E-state index is 0.0271. The smallest absolute Gasteiger partial charge is 0.239 e. The van der Waals surface area contributed by atoms with Crippen LogP contribution in [-0.4, -0.2) is 75.8 Å². The summed E-state index contributed by atoms with van der Waals surface area (Å²) in [5.41, 5.74) is 1.89. The predicted octanol–water partition coefficient (Wildman–Crippen LogP) is 1.51. The van der Waals surface area contributed by atoms with Gasteiger partial charge < -0.3 is 14.8 Å². The molecule has 7 heteroatoms. The van der Waals surface area contributed by atoms with Crippen LogP contribution in [0.3, 0.4) is 0 Å². The molecule has 28 heavy (non-hydrogen) atoms. The van der Waals surface area contributed by atoms with Crippen molar-refractivity contribution in [2.45, 2.75) is 62.9 Å². The van der Waals surface area contributed by atoms with Crippen LogP contribution < -0.4 is 0 Å². The van der Waals surface area contributed by atoms with Crippen LogP contribution in [0.2, 0.25) is 0 Å². The molecule has 1 N–H and O–H groups in total. The number of H-pyrrole nitrogens is 1. The van der Waals surface area contributed by atoms with Gasteiger partial charge in [-0.05, 0) is 52.1 Å². The molecule has 3 aliphatic heterocycles. The molecule has 1 aromatic heterocycles. The van der Waals surface area contributed by atoms with Gasteiger partial charge in [-0.1, -0.05) is 6.42 Å². The summed E-state index contributed by atoms with van der Waals surface area (Å²) in [4.78, 5) is 40.5. The van der Waals surface area contributed by atoms with Crippen LogP contribution in [0.5, 0.6) is 0 Å². The summed E-state index contributed by atoms with van der Waals surface area (Å²) in [6.45, 7) is 3.20. The van der Waals surface area contributed by atoms with Crippen molar-refractivity contribution in [3.8, 4) is 0 Å². The second-order valence-corrected chi connectivity index (χ2v) is 9.09. The highest BCUT2D eigenvalue weighted by atomic mass is 16.2. The van der Waals surface area contributed by atoms with Crippen LogP contribution in [0, 0.1) is 5.92 Å². The van der Waals surface area contributed by atoms with E-state index >= 15 is 0 Å². The molecule has 2 amide bonds. The summed E-state index contributed by atoms with van der Waals surface area (Å²) >= 11 is 0. The number of fused-ring (bicyclic) bond motifs is 2. The number of hydrogen-bond donors (Lipinski definition) is 1. The average molecular weight is 386 g/mol. The van der Waals surface area contributed by atoms with Crippen LogP contribution in [0.4, 0.5) is 0 Å². The summed E-state index contributed by atoms with van der Waals surface area (Å²) in [5.74, 6) is 0.795. The highest BCUT2D eigenvalue weighted by molar-refractivity contribution is 5.83. The molecule has 1 atom stereocenters. The van der Waals surface area contributed by atoms with Crippen LogP contribution in [0.1, 0.15) is 56.3 Å². The van der Waals surface area contributed by atoms with E-state index in [-0.39, 0.29) is 23.4 Å². The number of aromatic amines is 1. The van der Waals surface area contributed by atoms with E-state index in [1.54, 1.807) is 6.33 Å². The van der Waals surface area contributed by atoms with Crippen LogP contribution in [0.15, 0.2) is 6.33 Å². The van der Waals surface area contributed by atoms with Gasteiger partial charge in [0.2, 0.25) is 11.8 Å². The molecule has 4 heterocycles. The van der Waals surface area contributed by atoms with Gasteiger partial charge in [0.25, 0.3) is 0 Å². The number of hydrogen-bond acceptors (Lipinski definition) is 4. The lowest BCUT2D eigenvalue weighted by Crippen LogP contribution is -2.60. The molecule has 152 valence electrons. The Hall–Kier alpha value is -1.89. The van der Waals surface area contributed by atoms with Gasteiger partial charge in [-0.2, -0.15) is 0 Å². The van der Waals surface area contributed by atoms with Gasteiger partial charge in [-0.15, -0.1) is 0 Å². The third kappa shape index (κ3) is 2.86. The zero-order valence-corrected chi connectivity index (χ0v) is 16.8. The SMILES string of the molecule is CN1CCCCC1C(=O)N1CCC2(CC1)c1nc[nH]c1CCN2C(=O)C1CC1. The Kier molecular flexibility index (Phi) is 4.45. The van der Waals surface area contributed by atoms with Gasteiger partial charge in [0.05, 0.1) is 23.6 Å². The zero-order chi connectivity index (χ0) is 19.3. The highest BCUT2D eigenvalue weighted by Crippen LogP contribution is 2.45. The Morgan fingerprint density at radius 2 is 1.86 bits per heavy atom. The van der Waals surface area contributed by atoms with Crippen molar-refractivity contribution in [3.63, 3.8) is 0 Å². The van der Waals surface area contributed by atoms with Gasteiger partial charge in [-0.3, -0.25) is 14.5 Å². The Bertz CT molecular complexity index is 763. The van der Waals surface area contributed by atoms with E-state index in [4.69, 9.17) is 0 Å². The monoisotopic (exact) mass is 385 g/mol. The molecule has 4 aliphatic rings. The van der Waals surface area contributed by atoms with E-state index in [0.29, 0.717) is 19.0 Å². The first-order valence-corrected chi connectivity index (χ1v) is 10.9. The van der Waals surface area contributed by atoms with E-state index in [9.17, 15) is 9.59 Å². The average Bonchev–Trinajstić information content (AvgIpc) is 3.45. The van der Waals surface area contributed by atoms with E-state index < -0.39 is 0 Å². The Labute approximate surface area is 166 Å². The first-order chi connectivity index (χ1) is 13.6. The van der Waals surface area contributed by atoms with Crippen molar-refractivity contribution in [2.24, 2.45) is 5.92 Å². The largest absolute Gasteiger partial charge is 0.348 e. The summed E-state index contributed by atoms with van der Waals surface area (Å²) in [6, 6.07) is 0.0271. The molecule has 1 aliphatic carbocycles. The Balaban J connectivity index is 1.36. The second-order valence-electron chi connectivity index (χ2n) is 9.09.